The number of carbonyl (C=O) groups excluding carboxylic acids is 3. The van der Waals surface area contributed by atoms with E-state index in [-0.39, 0.29) is 33.0 Å². The number of amides is 3. The van der Waals surface area contributed by atoms with Crippen LogP contribution in [0.2, 0.25) is 5.02 Å². The second-order valence-electron chi connectivity index (χ2n) is 11.4. The fourth-order valence-corrected chi connectivity index (χ4v) is 6.70. The van der Waals surface area contributed by atoms with Gasteiger partial charge in [0.05, 0.1) is 16.2 Å². The quantitative estimate of drug-likeness (QED) is 0.0987. The van der Waals surface area contributed by atoms with Crippen LogP contribution in [0.15, 0.2) is 125 Å². The predicted octanol–water partition coefficient (Wildman–Crippen LogP) is 6.83. The van der Waals surface area contributed by atoms with Crippen LogP contribution in [0.25, 0.3) is 21.5 Å². The molecule has 0 bridgehead atoms. The lowest BCUT2D eigenvalue weighted by Gasteiger charge is -2.14. The molecule has 5 N–H and O–H groups in total. The Kier molecular flexibility index (Phi) is 9.62. The molecule has 0 atom stereocenters. The van der Waals surface area contributed by atoms with E-state index in [1.54, 1.807) is 60.7 Å². The Balaban J connectivity index is 1.34. The van der Waals surface area contributed by atoms with Crippen molar-refractivity contribution in [2.45, 2.75) is 16.2 Å². The zero-order chi connectivity index (χ0) is 36.5. The molecule has 0 aliphatic carbocycles. The first-order valence-electron chi connectivity index (χ1n) is 15.0. The first kappa shape index (κ1) is 35.2. The number of hydrogen-bond donors (Lipinski definition) is 5. The maximum absolute atomic E-state index is 13.7. The maximum Gasteiger partial charge on any atom is 0.294 e. The van der Waals surface area contributed by atoms with Gasteiger partial charge in [-0.25, -0.2) is 0 Å². The highest BCUT2D eigenvalue weighted by Gasteiger charge is 2.18. The third-order valence-corrected chi connectivity index (χ3v) is 9.73. The zero-order valence-corrected chi connectivity index (χ0v) is 28.5. The number of hydrogen-bond acceptors (Lipinski definition) is 7. The van der Waals surface area contributed by atoms with Gasteiger partial charge in [-0.3, -0.25) is 23.5 Å². The van der Waals surface area contributed by atoms with Gasteiger partial charge in [-0.15, -0.1) is 0 Å². The molecule has 6 aromatic rings. The van der Waals surface area contributed by atoms with Crippen molar-refractivity contribution in [1.29, 1.82) is 0 Å². The normalized spacial score (nSPS) is 11.7. The van der Waals surface area contributed by atoms with E-state index in [9.17, 15) is 40.3 Å². The minimum Gasteiger partial charge on any atom is -0.326 e. The number of fused-ring (bicyclic) bond motifs is 2. The van der Waals surface area contributed by atoms with Crippen molar-refractivity contribution in [3.8, 4) is 0 Å². The lowest BCUT2D eigenvalue weighted by Crippen LogP contribution is -2.19. The SMILES string of the molecule is O=C(Cc1cccc(Cl)c1)Nc1cc(C(=O)Nc2cccc3cc(S(=O)(=O)O)ccc23)cc(C(=O)Nc2cccc3cc(S(=O)(=O)O)ccc23)c1. The number of halogens is 1. The molecule has 0 unspecified atom stereocenters. The van der Waals surface area contributed by atoms with Crippen LogP contribution < -0.4 is 16.0 Å². The average molecular weight is 744 g/mol. The van der Waals surface area contributed by atoms with Crippen molar-refractivity contribution in [2.75, 3.05) is 16.0 Å². The molecule has 0 aromatic heterocycles. The molecule has 0 radical (unpaired) electrons. The molecule has 0 aliphatic heterocycles. The topological polar surface area (TPSA) is 196 Å². The van der Waals surface area contributed by atoms with E-state index in [1.807, 2.05) is 0 Å². The molecule has 0 fully saturated rings. The molecule has 15 heteroatoms. The molecule has 258 valence electrons. The first-order valence-corrected chi connectivity index (χ1v) is 18.2. The van der Waals surface area contributed by atoms with Gasteiger partial charge in [0.15, 0.2) is 0 Å². The molecular formula is C36H26ClN3O9S2. The molecule has 6 rings (SSSR count). The molecule has 0 spiro atoms. The predicted molar refractivity (Wildman–Crippen MR) is 194 cm³/mol. The molecule has 0 heterocycles. The van der Waals surface area contributed by atoms with E-state index >= 15 is 0 Å². The van der Waals surface area contributed by atoms with Gasteiger partial charge in [-0.05, 0) is 83.1 Å². The molecular weight excluding hydrogens is 718 g/mol. The molecule has 0 aliphatic rings. The summed E-state index contributed by atoms with van der Waals surface area (Å²) in [6.07, 6.45) is -0.0539. The van der Waals surface area contributed by atoms with E-state index in [1.165, 1.54) is 54.6 Å². The van der Waals surface area contributed by atoms with Crippen molar-refractivity contribution in [3.05, 3.63) is 137 Å². The molecule has 51 heavy (non-hydrogen) atoms. The third-order valence-electron chi connectivity index (χ3n) is 7.79. The lowest BCUT2D eigenvalue weighted by molar-refractivity contribution is -0.115. The fourth-order valence-electron chi connectivity index (χ4n) is 5.45. The van der Waals surface area contributed by atoms with Gasteiger partial charge in [0.1, 0.15) is 0 Å². The lowest BCUT2D eigenvalue weighted by atomic mass is 10.0. The Hall–Kier alpha value is -5.64. The van der Waals surface area contributed by atoms with Crippen LogP contribution in [-0.4, -0.2) is 43.7 Å². The summed E-state index contributed by atoms with van der Waals surface area (Å²) >= 11 is 6.06. The average Bonchev–Trinajstić information content (AvgIpc) is 3.07. The Bertz CT molecular complexity index is 2480. The highest BCUT2D eigenvalue weighted by Crippen LogP contribution is 2.29. The number of carbonyl (C=O) groups is 3. The molecule has 0 saturated carbocycles. The standard InChI is InChI=1S/C36H26ClN3O9S2/c37-26-7-1-4-21(14-26)15-34(41)38-27-17-24(35(42)39-32-8-2-5-22-19-28(50(44,45)46)10-12-30(22)32)16-25(18-27)36(43)40-33-9-3-6-23-20-29(51(47,48)49)11-13-31(23)33/h1-14,16-20H,15H2,(H,38,41)(H,39,42)(H,40,43)(H,44,45,46)(H,47,48,49). The van der Waals surface area contributed by atoms with Crippen molar-refractivity contribution in [1.82, 2.24) is 0 Å². The molecule has 12 nitrogen and oxygen atoms in total. The summed E-state index contributed by atoms with van der Waals surface area (Å²) in [6, 6.07) is 28.2. The van der Waals surface area contributed by atoms with Crippen LogP contribution in [0.4, 0.5) is 17.1 Å². The molecule has 6 aromatic carbocycles. The van der Waals surface area contributed by atoms with Crippen molar-refractivity contribution < 1.29 is 40.3 Å². The summed E-state index contributed by atoms with van der Waals surface area (Å²) in [6.45, 7) is 0. The number of nitrogens with one attached hydrogen (secondary N) is 3. The summed E-state index contributed by atoms with van der Waals surface area (Å²) < 4.78 is 65.5. The van der Waals surface area contributed by atoms with Crippen LogP contribution in [0.5, 0.6) is 0 Å². The Labute approximate surface area is 296 Å². The summed E-state index contributed by atoms with van der Waals surface area (Å²) in [5.74, 6) is -1.78. The number of rotatable bonds is 9. The van der Waals surface area contributed by atoms with Gasteiger partial charge >= 0.3 is 0 Å². The highest BCUT2D eigenvalue weighted by atomic mass is 35.5. The monoisotopic (exact) mass is 743 g/mol. The van der Waals surface area contributed by atoms with E-state index in [0.29, 0.717) is 43.5 Å². The largest absolute Gasteiger partial charge is 0.326 e. The summed E-state index contributed by atoms with van der Waals surface area (Å²) in [5.41, 5.74) is 1.35. The number of anilines is 3. The van der Waals surface area contributed by atoms with Gasteiger partial charge in [0, 0.05) is 44.0 Å². The highest BCUT2D eigenvalue weighted by molar-refractivity contribution is 7.86. The third kappa shape index (κ3) is 8.23. The van der Waals surface area contributed by atoms with Crippen molar-refractivity contribution in [2.24, 2.45) is 0 Å². The Morgan fingerprint density at radius 3 is 1.53 bits per heavy atom. The smallest absolute Gasteiger partial charge is 0.294 e. The van der Waals surface area contributed by atoms with Gasteiger partial charge in [-0.1, -0.05) is 60.1 Å². The first-order chi connectivity index (χ1) is 24.1. The van der Waals surface area contributed by atoms with Gasteiger partial charge < -0.3 is 16.0 Å². The second-order valence-corrected chi connectivity index (χ2v) is 14.7. The van der Waals surface area contributed by atoms with Gasteiger partial charge in [0.25, 0.3) is 32.1 Å². The van der Waals surface area contributed by atoms with Gasteiger partial charge in [-0.2, -0.15) is 16.8 Å². The minimum absolute atomic E-state index is 0.0111. The minimum atomic E-state index is -4.47. The summed E-state index contributed by atoms with van der Waals surface area (Å²) in [7, 11) is -8.93. The van der Waals surface area contributed by atoms with E-state index in [2.05, 4.69) is 16.0 Å². The van der Waals surface area contributed by atoms with Crippen LogP contribution in [0.3, 0.4) is 0 Å². The molecule has 3 amide bonds. The maximum atomic E-state index is 13.7. The molecule has 0 saturated heterocycles. The van der Waals surface area contributed by atoms with Crippen LogP contribution >= 0.6 is 11.6 Å². The number of benzene rings is 6. The van der Waals surface area contributed by atoms with E-state index < -0.39 is 38.0 Å². The summed E-state index contributed by atoms with van der Waals surface area (Å²) in [5, 5.41) is 10.5. The Morgan fingerprint density at radius 2 is 1.06 bits per heavy atom. The fraction of sp³-hybridized carbons (Fsp3) is 0.0278. The van der Waals surface area contributed by atoms with Crippen LogP contribution in [0, 0.1) is 0 Å². The Morgan fingerprint density at radius 1 is 0.569 bits per heavy atom. The van der Waals surface area contributed by atoms with Crippen molar-refractivity contribution >= 4 is 88.2 Å². The van der Waals surface area contributed by atoms with Gasteiger partial charge in [0.2, 0.25) is 5.91 Å². The zero-order valence-electron chi connectivity index (χ0n) is 26.1. The van der Waals surface area contributed by atoms with E-state index in [4.69, 9.17) is 11.6 Å². The van der Waals surface area contributed by atoms with Crippen LogP contribution in [0.1, 0.15) is 26.3 Å². The van der Waals surface area contributed by atoms with E-state index in [0.717, 1.165) is 0 Å². The van der Waals surface area contributed by atoms with Crippen molar-refractivity contribution in [3.63, 3.8) is 0 Å². The summed E-state index contributed by atoms with van der Waals surface area (Å²) in [4.78, 5) is 39.8. The van der Waals surface area contributed by atoms with Crippen LogP contribution in [-0.2, 0) is 31.5 Å². The second kappa shape index (κ2) is 13.9.